The zero-order chi connectivity index (χ0) is 24.5. The summed E-state index contributed by atoms with van der Waals surface area (Å²) >= 11 is 0. The molecule has 2 fully saturated rings. The Morgan fingerprint density at radius 2 is 1.69 bits per heavy atom. The van der Waals surface area contributed by atoms with Crippen molar-refractivity contribution in [2.75, 3.05) is 13.1 Å². The van der Waals surface area contributed by atoms with E-state index in [1.807, 2.05) is 12.1 Å². The van der Waals surface area contributed by atoms with E-state index in [1.54, 1.807) is 11.0 Å². The number of ether oxygens (including phenoxy) is 1. The number of rotatable bonds is 6. The molecule has 2 aromatic carbocycles. The molecule has 7 heteroatoms. The summed E-state index contributed by atoms with van der Waals surface area (Å²) in [5, 5.41) is 3.47. The van der Waals surface area contributed by atoms with Crippen LogP contribution >= 0.6 is 0 Å². The molecule has 1 saturated heterocycles. The van der Waals surface area contributed by atoms with Crippen molar-refractivity contribution in [1.82, 2.24) is 15.1 Å². The summed E-state index contributed by atoms with van der Waals surface area (Å²) in [7, 11) is 0. The second kappa shape index (κ2) is 9.91. The summed E-state index contributed by atoms with van der Waals surface area (Å²) in [6.07, 6.45) is 0.685. The molecule has 0 spiro atoms. The summed E-state index contributed by atoms with van der Waals surface area (Å²) in [5.74, 6) is 0.320. The Labute approximate surface area is 206 Å². The number of fused-ring (bicyclic) bond motifs is 1. The highest BCUT2D eigenvalue weighted by Crippen LogP contribution is 2.34. The smallest absolute Gasteiger partial charge is 0.255 e. The van der Waals surface area contributed by atoms with Gasteiger partial charge in [0.25, 0.3) is 5.91 Å². The minimum atomic E-state index is -0.519. The number of nitrogens with one attached hydrogen (secondary N) is 1. The van der Waals surface area contributed by atoms with E-state index in [1.165, 1.54) is 5.56 Å². The van der Waals surface area contributed by atoms with Gasteiger partial charge in [-0.15, -0.1) is 0 Å². The van der Waals surface area contributed by atoms with Crippen molar-refractivity contribution in [1.29, 1.82) is 0 Å². The van der Waals surface area contributed by atoms with Gasteiger partial charge in [0, 0.05) is 49.3 Å². The molecule has 0 aromatic heterocycles. The van der Waals surface area contributed by atoms with E-state index in [2.05, 4.69) is 48.3 Å². The van der Waals surface area contributed by atoms with Gasteiger partial charge in [-0.2, -0.15) is 0 Å². The first kappa shape index (κ1) is 23.7. The van der Waals surface area contributed by atoms with E-state index in [4.69, 9.17) is 4.74 Å². The molecule has 1 N–H and O–H groups in total. The van der Waals surface area contributed by atoms with Crippen molar-refractivity contribution in [3.8, 4) is 5.75 Å². The number of hydrogen-bond acceptors (Lipinski definition) is 6. The van der Waals surface area contributed by atoms with Crippen LogP contribution in [0.15, 0.2) is 42.5 Å². The van der Waals surface area contributed by atoms with E-state index < -0.39 is 6.04 Å². The summed E-state index contributed by atoms with van der Waals surface area (Å²) in [4.78, 5) is 41.2. The first-order valence-electron chi connectivity index (χ1n) is 12.5. The van der Waals surface area contributed by atoms with Crippen LogP contribution in [0.25, 0.3) is 0 Å². The van der Waals surface area contributed by atoms with Gasteiger partial charge in [0.1, 0.15) is 18.1 Å². The highest BCUT2D eigenvalue weighted by atomic mass is 16.5. The topological polar surface area (TPSA) is 79.0 Å². The molecule has 184 valence electrons. The summed E-state index contributed by atoms with van der Waals surface area (Å²) in [5.41, 5.74) is 3.75. The second-order valence-electron chi connectivity index (χ2n) is 10.1. The second-order valence-corrected chi connectivity index (χ2v) is 10.1. The summed E-state index contributed by atoms with van der Waals surface area (Å²) < 4.78 is 6.15. The Morgan fingerprint density at radius 3 is 2.40 bits per heavy atom. The maximum atomic E-state index is 13.0. The molecule has 0 bridgehead atoms. The first-order chi connectivity index (χ1) is 16.9. The van der Waals surface area contributed by atoms with Gasteiger partial charge in [0.2, 0.25) is 0 Å². The standard InChI is InChI=1S/C28H33N3O4/c1-18-13-29-14-19(2)30(18)15-20-6-8-21(9-7-20)17-35-27-5-3-4-23-24(27)16-31(28(23)34)25-11-10-22(32)12-26(25)33/h3-9,18-19,25,29H,10-17H2,1-2H3/t18-,19?,25?/m0/s1. The fourth-order valence-electron chi connectivity index (χ4n) is 5.50. The molecule has 2 aromatic rings. The zero-order valence-corrected chi connectivity index (χ0v) is 20.5. The largest absolute Gasteiger partial charge is 0.489 e. The Kier molecular flexibility index (Phi) is 6.71. The van der Waals surface area contributed by atoms with Gasteiger partial charge in [-0.05, 0) is 43.5 Å². The van der Waals surface area contributed by atoms with Crippen LogP contribution in [0.4, 0.5) is 0 Å². The van der Waals surface area contributed by atoms with Crippen molar-refractivity contribution in [3.63, 3.8) is 0 Å². The molecule has 1 amide bonds. The molecule has 1 aliphatic carbocycles. The molecule has 7 nitrogen and oxygen atoms in total. The fourth-order valence-corrected chi connectivity index (χ4v) is 5.50. The van der Waals surface area contributed by atoms with Gasteiger partial charge in [0.05, 0.1) is 19.0 Å². The highest BCUT2D eigenvalue weighted by Gasteiger charge is 2.40. The summed E-state index contributed by atoms with van der Waals surface area (Å²) in [6, 6.07) is 14.5. The molecule has 2 aliphatic heterocycles. The first-order valence-corrected chi connectivity index (χ1v) is 12.5. The lowest BCUT2D eigenvalue weighted by Crippen LogP contribution is -2.54. The molecule has 3 aliphatic rings. The van der Waals surface area contributed by atoms with Crippen molar-refractivity contribution >= 4 is 17.5 Å². The van der Waals surface area contributed by atoms with Crippen LogP contribution in [-0.2, 0) is 29.3 Å². The molecule has 35 heavy (non-hydrogen) atoms. The third-order valence-corrected chi connectivity index (χ3v) is 7.56. The van der Waals surface area contributed by atoms with Gasteiger partial charge in [-0.1, -0.05) is 30.3 Å². The fraction of sp³-hybridized carbons (Fsp3) is 0.464. The number of ketones is 2. The van der Waals surface area contributed by atoms with Crippen LogP contribution in [0, 0.1) is 0 Å². The molecule has 1 saturated carbocycles. The monoisotopic (exact) mass is 475 g/mol. The zero-order valence-electron chi connectivity index (χ0n) is 20.5. The number of nitrogens with zero attached hydrogens (tertiary/aromatic N) is 2. The Hall–Kier alpha value is -3.03. The van der Waals surface area contributed by atoms with Crippen LogP contribution in [0.2, 0.25) is 0 Å². The minimum Gasteiger partial charge on any atom is -0.489 e. The molecule has 2 heterocycles. The molecule has 5 rings (SSSR count). The van der Waals surface area contributed by atoms with Gasteiger partial charge in [-0.3, -0.25) is 19.3 Å². The SMILES string of the molecule is CC1CNC[C@H](C)N1Cc1ccc(COc2cccc3c2CN(C2CCC(=O)CC2=O)C3=O)cc1. The van der Waals surface area contributed by atoms with E-state index in [0.29, 0.717) is 49.4 Å². The number of hydrogen-bond donors (Lipinski definition) is 1. The molecule has 2 unspecified atom stereocenters. The Bertz CT molecular complexity index is 1120. The van der Waals surface area contributed by atoms with Crippen molar-refractivity contribution in [3.05, 3.63) is 64.7 Å². The van der Waals surface area contributed by atoms with Gasteiger partial charge in [-0.25, -0.2) is 0 Å². The molecule has 0 radical (unpaired) electrons. The number of piperazine rings is 1. The molecule has 3 atom stereocenters. The van der Waals surface area contributed by atoms with Gasteiger partial charge >= 0.3 is 0 Å². The number of Topliss-reactive ketones (excluding diaryl/α,β-unsaturated/α-hetero) is 2. The number of benzene rings is 2. The predicted octanol–water partition coefficient (Wildman–Crippen LogP) is 3.09. The van der Waals surface area contributed by atoms with E-state index >= 15 is 0 Å². The van der Waals surface area contributed by atoms with Crippen molar-refractivity contribution in [2.45, 2.75) is 70.9 Å². The molecular weight excluding hydrogens is 442 g/mol. The third kappa shape index (κ3) is 4.88. The predicted molar refractivity (Wildman–Crippen MR) is 132 cm³/mol. The number of carbonyl (C=O) groups excluding carboxylic acids is 3. The normalized spacial score (nSPS) is 25.1. The van der Waals surface area contributed by atoms with Crippen molar-refractivity contribution in [2.24, 2.45) is 0 Å². The average molecular weight is 476 g/mol. The Balaban J connectivity index is 1.23. The maximum Gasteiger partial charge on any atom is 0.255 e. The molecular formula is C28H33N3O4. The van der Waals surface area contributed by atoms with Gasteiger partial charge < -0.3 is 15.0 Å². The van der Waals surface area contributed by atoms with Crippen LogP contribution in [0.5, 0.6) is 5.75 Å². The third-order valence-electron chi connectivity index (χ3n) is 7.56. The number of amides is 1. The lowest BCUT2D eigenvalue weighted by molar-refractivity contribution is -0.133. The van der Waals surface area contributed by atoms with E-state index in [0.717, 1.165) is 30.8 Å². The quantitative estimate of drug-likeness (QED) is 0.647. The van der Waals surface area contributed by atoms with E-state index in [-0.39, 0.29) is 23.9 Å². The Morgan fingerprint density at radius 1 is 0.971 bits per heavy atom. The summed E-state index contributed by atoms with van der Waals surface area (Å²) in [6.45, 7) is 8.24. The van der Waals surface area contributed by atoms with Gasteiger partial charge in [0.15, 0.2) is 5.78 Å². The van der Waals surface area contributed by atoms with Crippen LogP contribution in [-0.4, -0.2) is 58.5 Å². The van der Waals surface area contributed by atoms with Crippen LogP contribution in [0.1, 0.15) is 60.2 Å². The maximum absolute atomic E-state index is 13.0. The average Bonchev–Trinajstić information content (AvgIpc) is 3.18. The minimum absolute atomic E-state index is 0.0394. The van der Waals surface area contributed by atoms with Crippen LogP contribution < -0.4 is 10.1 Å². The van der Waals surface area contributed by atoms with Crippen molar-refractivity contribution < 1.29 is 19.1 Å². The van der Waals surface area contributed by atoms with Crippen LogP contribution in [0.3, 0.4) is 0 Å². The number of carbonyl (C=O) groups is 3. The highest BCUT2D eigenvalue weighted by molar-refractivity contribution is 6.07. The lowest BCUT2D eigenvalue weighted by atomic mass is 9.92. The van der Waals surface area contributed by atoms with E-state index in [9.17, 15) is 14.4 Å². The lowest BCUT2D eigenvalue weighted by Gasteiger charge is -2.39.